The minimum Gasteiger partial charge on any atom is -0.363 e. The van der Waals surface area contributed by atoms with Crippen molar-refractivity contribution in [1.29, 1.82) is 0 Å². The number of hydrogen-bond acceptors (Lipinski definition) is 4. The summed E-state index contributed by atoms with van der Waals surface area (Å²) < 4.78 is 43.4. The van der Waals surface area contributed by atoms with Gasteiger partial charge < -0.3 is 4.52 Å². The van der Waals surface area contributed by atoms with Gasteiger partial charge in [0.15, 0.2) is 5.82 Å². The van der Waals surface area contributed by atoms with E-state index < -0.39 is 15.8 Å². The van der Waals surface area contributed by atoms with Crippen molar-refractivity contribution in [3.8, 4) is 0 Å². The first-order valence-corrected chi connectivity index (χ1v) is 6.65. The number of anilines is 1. The van der Waals surface area contributed by atoms with Gasteiger partial charge in [-0.2, -0.15) is 0 Å². The standard InChI is InChI=1S/C9H6BrFN2O3S/c10-7-5-6(11)1-2-8(7)17(14,15)13-9-3-4-16-12-9/h1-5H,(H,12,13). The molecule has 1 aromatic heterocycles. The highest BCUT2D eigenvalue weighted by Gasteiger charge is 2.19. The van der Waals surface area contributed by atoms with Crippen molar-refractivity contribution in [3.05, 3.63) is 40.8 Å². The van der Waals surface area contributed by atoms with E-state index in [4.69, 9.17) is 0 Å². The molecule has 0 bridgehead atoms. The van der Waals surface area contributed by atoms with E-state index in [0.717, 1.165) is 18.2 Å². The Morgan fingerprint density at radius 3 is 2.71 bits per heavy atom. The highest BCUT2D eigenvalue weighted by molar-refractivity contribution is 9.10. The molecule has 0 fully saturated rings. The van der Waals surface area contributed by atoms with E-state index in [2.05, 4.69) is 30.3 Å². The van der Waals surface area contributed by atoms with Crippen LogP contribution in [0.2, 0.25) is 0 Å². The predicted octanol–water partition coefficient (Wildman–Crippen LogP) is 2.38. The second-order valence-electron chi connectivity index (χ2n) is 3.06. The molecule has 8 heteroatoms. The Labute approximate surface area is 105 Å². The summed E-state index contributed by atoms with van der Waals surface area (Å²) in [5.41, 5.74) is 0. The molecule has 0 radical (unpaired) electrons. The summed E-state index contributed by atoms with van der Waals surface area (Å²) in [6.07, 6.45) is 1.23. The van der Waals surface area contributed by atoms with Crippen LogP contribution < -0.4 is 4.72 Å². The summed E-state index contributed by atoms with van der Waals surface area (Å²) in [6.45, 7) is 0. The van der Waals surface area contributed by atoms with E-state index in [1.807, 2.05) is 0 Å². The van der Waals surface area contributed by atoms with Crippen molar-refractivity contribution in [2.24, 2.45) is 0 Å². The molecule has 0 aliphatic rings. The summed E-state index contributed by atoms with van der Waals surface area (Å²) in [4.78, 5) is -0.0816. The fourth-order valence-corrected chi connectivity index (χ4v) is 3.19. The van der Waals surface area contributed by atoms with Crippen molar-refractivity contribution in [2.75, 3.05) is 4.72 Å². The quantitative estimate of drug-likeness (QED) is 0.942. The van der Waals surface area contributed by atoms with Gasteiger partial charge in [-0.3, -0.25) is 4.72 Å². The Balaban J connectivity index is 2.38. The molecule has 0 unspecified atom stereocenters. The number of benzene rings is 1. The van der Waals surface area contributed by atoms with Crippen LogP contribution in [-0.4, -0.2) is 13.6 Å². The SMILES string of the molecule is O=S(=O)(Nc1ccon1)c1ccc(F)cc1Br. The van der Waals surface area contributed by atoms with Crippen molar-refractivity contribution in [1.82, 2.24) is 5.16 Å². The van der Waals surface area contributed by atoms with Crippen LogP contribution in [0.25, 0.3) is 0 Å². The Morgan fingerprint density at radius 2 is 2.12 bits per heavy atom. The minimum absolute atomic E-state index is 0.0567. The number of hydrogen-bond donors (Lipinski definition) is 1. The van der Waals surface area contributed by atoms with Gasteiger partial charge in [0, 0.05) is 10.5 Å². The number of nitrogens with zero attached hydrogens (tertiary/aromatic N) is 1. The molecule has 90 valence electrons. The zero-order chi connectivity index (χ0) is 12.5. The number of rotatable bonds is 3. The second kappa shape index (κ2) is 4.46. The van der Waals surface area contributed by atoms with E-state index in [0.29, 0.717) is 0 Å². The molecule has 2 rings (SSSR count). The first kappa shape index (κ1) is 12.1. The normalized spacial score (nSPS) is 11.4. The maximum atomic E-state index is 12.8. The van der Waals surface area contributed by atoms with Crippen LogP contribution in [0.4, 0.5) is 10.2 Å². The zero-order valence-corrected chi connectivity index (χ0v) is 10.6. The van der Waals surface area contributed by atoms with Crippen molar-refractivity contribution in [3.63, 3.8) is 0 Å². The van der Waals surface area contributed by atoms with Gasteiger partial charge >= 0.3 is 0 Å². The fraction of sp³-hybridized carbons (Fsp3) is 0. The third kappa shape index (κ3) is 2.64. The number of nitrogens with one attached hydrogen (secondary N) is 1. The van der Waals surface area contributed by atoms with Crippen molar-refractivity contribution >= 4 is 31.8 Å². The van der Waals surface area contributed by atoms with E-state index in [1.165, 1.54) is 12.3 Å². The lowest BCUT2D eigenvalue weighted by Gasteiger charge is -2.06. The van der Waals surface area contributed by atoms with Crippen LogP contribution >= 0.6 is 15.9 Å². The van der Waals surface area contributed by atoms with Crippen LogP contribution in [0.15, 0.2) is 44.4 Å². The minimum atomic E-state index is -3.82. The van der Waals surface area contributed by atoms with Crippen LogP contribution in [0, 0.1) is 5.82 Å². The lowest BCUT2D eigenvalue weighted by atomic mass is 10.3. The fourth-order valence-electron chi connectivity index (χ4n) is 1.15. The maximum absolute atomic E-state index is 12.8. The lowest BCUT2D eigenvalue weighted by Crippen LogP contribution is -2.13. The molecule has 5 nitrogen and oxygen atoms in total. The molecule has 2 aromatic rings. The molecule has 1 aromatic carbocycles. The van der Waals surface area contributed by atoms with Crippen molar-refractivity contribution in [2.45, 2.75) is 4.90 Å². The second-order valence-corrected chi connectivity index (χ2v) is 5.57. The van der Waals surface area contributed by atoms with Crippen LogP contribution in [-0.2, 0) is 10.0 Å². The van der Waals surface area contributed by atoms with Gasteiger partial charge in [-0.05, 0) is 34.1 Å². The summed E-state index contributed by atoms with van der Waals surface area (Å²) in [5, 5.41) is 3.42. The smallest absolute Gasteiger partial charge is 0.264 e. The molecule has 0 aliphatic carbocycles. The molecule has 0 aliphatic heterocycles. The Kier molecular flexibility index (Phi) is 3.16. The number of halogens is 2. The number of aromatic nitrogens is 1. The van der Waals surface area contributed by atoms with E-state index in [1.54, 1.807) is 0 Å². The highest BCUT2D eigenvalue weighted by atomic mass is 79.9. The largest absolute Gasteiger partial charge is 0.363 e. The van der Waals surface area contributed by atoms with Gasteiger partial charge in [-0.15, -0.1) is 0 Å². The van der Waals surface area contributed by atoms with Gasteiger partial charge in [0.25, 0.3) is 10.0 Å². The van der Waals surface area contributed by atoms with Gasteiger partial charge in [0.05, 0.1) is 0 Å². The Morgan fingerprint density at radius 1 is 1.35 bits per heavy atom. The monoisotopic (exact) mass is 320 g/mol. The molecular weight excluding hydrogens is 315 g/mol. The third-order valence-electron chi connectivity index (χ3n) is 1.86. The van der Waals surface area contributed by atoms with E-state index in [-0.39, 0.29) is 15.2 Å². The molecule has 0 amide bonds. The molecule has 0 saturated carbocycles. The van der Waals surface area contributed by atoms with Gasteiger partial charge in [-0.25, -0.2) is 12.8 Å². The molecule has 0 spiro atoms. The van der Waals surface area contributed by atoms with Gasteiger partial charge in [-0.1, -0.05) is 5.16 Å². The van der Waals surface area contributed by atoms with Gasteiger partial charge in [0.2, 0.25) is 0 Å². The van der Waals surface area contributed by atoms with Crippen LogP contribution in [0.1, 0.15) is 0 Å². The third-order valence-corrected chi connectivity index (χ3v) is 4.19. The van der Waals surface area contributed by atoms with Gasteiger partial charge in [0.1, 0.15) is 17.0 Å². The van der Waals surface area contributed by atoms with E-state index >= 15 is 0 Å². The van der Waals surface area contributed by atoms with Crippen molar-refractivity contribution < 1.29 is 17.3 Å². The maximum Gasteiger partial charge on any atom is 0.264 e. The first-order chi connectivity index (χ1) is 7.99. The average Bonchev–Trinajstić information content (AvgIpc) is 2.68. The molecule has 0 saturated heterocycles. The van der Waals surface area contributed by atoms with E-state index in [9.17, 15) is 12.8 Å². The zero-order valence-electron chi connectivity index (χ0n) is 8.22. The molecule has 0 atom stereocenters. The summed E-state index contributed by atoms with van der Waals surface area (Å²) in [7, 11) is -3.82. The van der Waals surface area contributed by atoms with Crippen LogP contribution in [0.3, 0.4) is 0 Å². The lowest BCUT2D eigenvalue weighted by molar-refractivity contribution is 0.423. The summed E-state index contributed by atoms with van der Waals surface area (Å²) >= 11 is 2.98. The first-order valence-electron chi connectivity index (χ1n) is 4.37. The van der Waals surface area contributed by atoms with Crippen LogP contribution in [0.5, 0.6) is 0 Å². The average molecular weight is 321 g/mol. The summed E-state index contributed by atoms with van der Waals surface area (Å²) in [5.74, 6) is -0.474. The summed E-state index contributed by atoms with van der Waals surface area (Å²) in [6, 6.07) is 4.64. The topological polar surface area (TPSA) is 72.2 Å². The Bertz CT molecular complexity index is 628. The predicted molar refractivity (Wildman–Crippen MR) is 61.4 cm³/mol. The molecule has 1 heterocycles. The molecular formula is C9H6BrFN2O3S. The highest BCUT2D eigenvalue weighted by Crippen LogP contribution is 2.24. The Hall–Kier alpha value is -1.41. The molecule has 1 N–H and O–H groups in total. The molecule has 17 heavy (non-hydrogen) atoms. The number of sulfonamides is 1.